The maximum absolute atomic E-state index is 11.0. The number of nitrogens with one attached hydrogen (secondary N) is 1. The molecule has 3 fully saturated rings. The summed E-state index contributed by atoms with van der Waals surface area (Å²) in [5.74, 6) is 0. The Kier molecular flexibility index (Phi) is 8.92. The largest absolute Gasteiger partial charge is 0.391 e. The van der Waals surface area contributed by atoms with Crippen LogP contribution in [-0.4, -0.2) is 141 Å². The van der Waals surface area contributed by atoms with E-state index in [1.54, 1.807) is 7.05 Å². The lowest BCUT2D eigenvalue weighted by Crippen LogP contribution is -2.69. The molecule has 0 aromatic rings. The van der Waals surface area contributed by atoms with Crippen molar-refractivity contribution in [1.29, 1.82) is 0 Å². The Hall–Kier alpha value is -0.560. The van der Waals surface area contributed by atoms with E-state index in [1.807, 2.05) is 0 Å². The van der Waals surface area contributed by atoms with E-state index in [-0.39, 0.29) is 13.0 Å². The lowest BCUT2D eigenvalue weighted by atomic mass is 9.85. The Morgan fingerprint density at radius 1 is 0.971 bits per heavy atom. The SMILES string of the molecule is CN[C@H]1[C@H](O)[C@@H](O[C@H]2[C@H](O)[C@@H](O[C@H]3O[C@@H]([C@H](C)O)[C@H](O)[C@@H](O)[C@@H]3N)[C@H](N)C[C@@H]2O)OC[C@]1(C)O. The van der Waals surface area contributed by atoms with Gasteiger partial charge in [0.1, 0.15) is 48.3 Å². The molecule has 0 unspecified atom stereocenters. The standard InChI is InChI=1S/C20H39N3O11/c1-6(24)14-11(27)10(26)9(22)18(32-14)33-15-7(21)4-8(25)16(12(15)28)34-19-13(29)17(23-3)20(2,30)5-31-19/h6-19,23-30H,4-5,21-22H2,1-3H3/t6-,7+,8-,9-,10-,11+,12+,13-,14-,15-,16+,17-,18+,19+,20-/m0/s1. The van der Waals surface area contributed by atoms with Gasteiger partial charge in [-0.15, -0.1) is 0 Å². The summed E-state index contributed by atoms with van der Waals surface area (Å²) in [5, 5.41) is 75.5. The number of ether oxygens (including phenoxy) is 4. The Bertz CT molecular complexity index is 674. The second-order valence-electron chi connectivity index (χ2n) is 9.72. The molecule has 34 heavy (non-hydrogen) atoms. The van der Waals surface area contributed by atoms with Crippen LogP contribution >= 0.6 is 0 Å². The van der Waals surface area contributed by atoms with E-state index < -0.39 is 91.2 Å². The topological polar surface area (TPSA) is 243 Å². The van der Waals surface area contributed by atoms with E-state index in [2.05, 4.69) is 5.32 Å². The van der Waals surface area contributed by atoms with Gasteiger partial charge in [0.25, 0.3) is 0 Å². The molecule has 0 bridgehead atoms. The molecule has 0 amide bonds. The second kappa shape index (κ2) is 10.8. The van der Waals surface area contributed by atoms with Gasteiger partial charge in [-0.25, -0.2) is 0 Å². The monoisotopic (exact) mass is 497 g/mol. The molecule has 1 saturated carbocycles. The van der Waals surface area contributed by atoms with Crippen LogP contribution in [0.3, 0.4) is 0 Å². The molecule has 14 nitrogen and oxygen atoms in total. The highest BCUT2D eigenvalue weighted by molar-refractivity contribution is 5.01. The molecule has 1 aliphatic carbocycles. The second-order valence-corrected chi connectivity index (χ2v) is 9.72. The van der Waals surface area contributed by atoms with Gasteiger partial charge in [0.05, 0.1) is 30.9 Å². The lowest BCUT2D eigenvalue weighted by molar-refractivity contribution is -0.326. The first-order chi connectivity index (χ1) is 15.8. The van der Waals surface area contributed by atoms with Crippen molar-refractivity contribution in [3.8, 4) is 0 Å². The summed E-state index contributed by atoms with van der Waals surface area (Å²) in [5.41, 5.74) is 10.7. The smallest absolute Gasteiger partial charge is 0.185 e. The highest BCUT2D eigenvalue weighted by Crippen LogP contribution is 2.32. The number of hydrogen-bond donors (Lipinski definition) is 10. The predicted molar refractivity (Wildman–Crippen MR) is 114 cm³/mol. The van der Waals surface area contributed by atoms with Crippen molar-refractivity contribution in [3.63, 3.8) is 0 Å². The number of hydrogen-bond acceptors (Lipinski definition) is 14. The molecule has 0 aromatic carbocycles. The van der Waals surface area contributed by atoms with Gasteiger partial charge in [0.15, 0.2) is 12.6 Å². The number of rotatable bonds is 6. The summed E-state index contributed by atoms with van der Waals surface area (Å²) in [6.07, 6.45) is -14.6. The van der Waals surface area contributed by atoms with Gasteiger partial charge in [0, 0.05) is 6.04 Å². The number of aliphatic hydroxyl groups is 7. The van der Waals surface area contributed by atoms with Crippen molar-refractivity contribution in [2.45, 2.75) is 112 Å². The Morgan fingerprint density at radius 3 is 2.18 bits per heavy atom. The molecule has 2 heterocycles. The molecule has 200 valence electrons. The highest BCUT2D eigenvalue weighted by atomic mass is 16.7. The summed E-state index contributed by atoms with van der Waals surface area (Å²) in [4.78, 5) is 0. The van der Waals surface area contributed by atoms with Crippen LogP contribution in [0.5, 0.6) is 0 Å². The molecule has 2 aliphatic heterocycles. The zero-order valence-electron chi connectivity index (χ0n) is 19.4. The zero-order chi connectivity index (χ0) is 25.5. The normalized spacial score (nSPS) is 53.5. The quantitative estimate of drug-likeness (QED) is 0.164. The summed E-state index contributed by atoms with van der Waals surface area (Å²) in [6, 6.07) is -2.92. The Morgan fingerprint density at radius 2 is 1.59 bits per heavy atom. The average Bonchev–Trinajstić information content (AvgIpc) is 2.75. The van der Waals surface area contributed by atoms with Gasteiger partial charge in [-0.05, 0) is 27.3 Å². The van der Waals surface area contributed by atoms with Gasteiger partial charge in [-0.2, -0.15) is 0 Å². The van der Waals surface area contributed by atoms with Crippen molar-refractivity contribution in [2.75, 3.05) is 13.7 Å². The fourth-order valence-electron chi connectivity index (χ4n) is 4.87. The third-order valence-corrected chi connectivity index (χ3v) is 6.87. The van der Waals surface area contributed by atoms with E-state index in [0.717, 1.165) is 0 Å². The predicted octanol–water partition coefficient (Wildman–Crippen LogP) is -5.58. The zero-order valence-corrected chi connectivity index (χ0v) is 19.4. The van der Waals surface area contributed by atoms with Crippen molar-refractivity contribution in [2.24, 2.45) is 11.5 Å². The Balaban J connectivity index is 1.73. The van der Waals surface area contributed by atoms with Gasteiger partial charge in [-0.1, -0.05) is 0 Å². The number of likely N-dealkylation sites (N-methyl/N-ethyl adjacent to an activating group) is 1. The first-order valence-corrected chi connectivity index (χ1v) is 11.4. The molecule has 0 spiro atoms. The summed E-state index contributed by atoms with van der Waals surface area (Å²) >= 11 is 0. The maximum Gasteiger partial charge on any atom is 0.185 e. The first kappa shape index (κ1) is 28.0. The van der Waals surface area contributed by atoms with Crippen LogP contribution in [-0.2, 0) is 18.9 Å². The van der Waals surface area contributed by atoms with E-state index in [1.165, 1.54) is 13.8 Å². The Labute approximate surface area is 197 Å². The van der Waals surface area contributed by atoms with Gasteiger partial charge in [0.2, 0.25) is 0 Å². The minimum absolute atomic E-state index is 0.0602. The molecule has 3 rings (SSSR count). The fraction of sp³-hybridized carbons (Fsp3) is 1.00. The average molecular weight is 498 g/mol. The summed E-state index contributed by atoms with van der Waals surface area (Å²) in [7, 11) is 1.55. The summed E-state index contributed by atoms with van der Waals surface area (Å²) in [6.45, 7) is 2.67. The van der Waals surface area contributed by atoms with Crippen molar-refractivity contribution < 1.29 is 54.7 Å². The molecular formula is C20H39N3O11. The van der Waals surface area contributed by atoms with Crippen LogP contribution in [0, 0.1) is 0 Å². The third-order valence-electron chi connectivity index (χ3n) is 6.87. The molecule has 0 aromatic heterocycles. The van der Waals surface area contributed by atoms with Crippen molar-refractivity contribution >= 4 is 0 Å². The lowest BCUT2D eigenvalue weighted by Gasteiger charge is -2.48. The molecule has 14 heteroatoms. The number of aliphatic hydroxyl groups excluding tert-OH is 6. The molecule has 2 saturated heterocycles. The van der Waals surface area contributed by atoms with Crippen LogP contribution in [0.2, 0.25) is 0 Å². The van der Waals surface area contributed by atoms with Crippen LogP contribution in [0.15, 0.2) is 0 Å². The fourth-order valence-corrected chi connectivity index (χ4v) is 4.87. The van der Waals surface area contributed by atoms with Gasteiger partial charge < -0.3 is 71.5 Å². The molecule has 3 aliphatic rings. The van der Waals surface area contributed by atoms with Crippen LogP contribution in [0.4, 0.5) is 0 Å². The van der Waals surface area contributed by atoms with E-state index in [0.29, 0.717) is 0 Å². The van der Waals surface area contributed by atoms with Crippen LogP contribution in [0.1, 0.15) is 20.3 Å². The van der Waals surface area contributed by atoms with Crippen LogP contribution < -0.4 is 16.8 Å². The van der Waals surface area contributed by atoms with E-state index in [9.17, 15) is 35.7 Å². The molecule has 15 atom stereocenters. The van der Waals surface area contributed by atoms with Crippen LogP contribution in [0.25, 0.3) is 0 Å². The minimum Gasteiger partial charge on any atom is -0.391 e. The number of nitrogens with two attached hydrogens (primary N) is 2. The maximum atomic E-state index is 11.0. The van der Waals surface area contributed by atoms with Gasteiger partial charge >= 0.3 is 0 Å². The van der Waals surface area contributed by atoms with Gasteiger partial charge in [-0.3, -0.25) is 0 Å². The van der Waals surface area contributed by atoms with E-state index >= 15 is 0 Å². The summed E-state index contributed by atoms with van der Waals surface area (Å²) < 4.78 is 22.5. The third kappa shape index (κ3) is 5.40. The minimum atomic E-state index is -1.53. The first-order valence-electron chi connectivity index (χ1n) is 11.4. The van der Waals surface area contributed by atoms with Crippen molar-refractivity contribution in [3.05, 3.63) is 0 Å². The highest BCUT2D eigenvalue weighted by Gasteiger charge is 2.52. The molecule has 12 N–H and O–H groups in total. The molecule has 0 radical (unpaired) electrons. The van der Waals surface area contributed by atoms with Crippen molar-refractivity contribution in [1.82, 2.24) is 5.32 Å². The van der Waals surface area contributed by atoms with E-state index in [4.69, 9.17) is 30.4 Å². The molecular weight excluding hydrogens is 458 g/mol.